The van der Waals surface area contributed by atoms with Crippen LogP contribution in [0.3, 0.4) is 0 Å². The molecule has 0 atom stereocenters. The number of benzene rings is 2. The highest BCUT2D eigenvalue weighted by Crippen LogP contribution is 2.31. The van der Waals surface area contributed by atoms with Crippen LogP contribution in [0.5, 0.6) is 5.75 Å². The highest BCUT2D eigenvalue weighted by atomic mass is 28.3. The van der Waals surface area contributed by atoms with Gasteiger partial charge in [0, 0.05) is 18.0 Å². The molecule has 0 spiro atoms. The van der Waals surface area contributed by atoms with Gasteiger partial charge in [-0.3, -0.25) is 9.97 Å². The molecule has 0 radical (unpaired) electrons. The van der Waals surface area contributed by atoms with E-state index in [0.717, 1.165) is 39.7 Å². The van der Waals surface area contributed by atoms with Crippen LogP contribution in [0.2, 0.25) is 13.1 Å². The van der Waals surface area contributed by atoms with Crippen LogP contribution in [0.1, 0.15) is 22.5 Å². The lowest BCUT2D eigenvalue weighted by Crippen LogP contribution is -2.12. The van der Waals surface area contributed by atoms with E-state index in [4.69, 9.17) is 9.42 Å². The Kier molecular flexibility index (Phi) is 5.58. The Morgan fingerprint density at radius 1 is 0.962 bits per heavy atom. The molecule has 0 saturated heterocycles. The van der Waals surface area contributed by atoms with Crippen molar-refractivity contribution in [2.45, 2.75) is 26.9 Å². The summed E-state index contributed by atoms with van der Waals surface area (Å²) in [6.07, 6.45) is 3.40. The zero-order valence-electron chi connectivity index (χ0n) is 15.6. The lowest BCUT2D eigenvalue weighted by atomic mass is 10.1. The van der Waals surface area contributed by atoms with E-state index in [1.807, 2.05) is 43.3 Å². The standard InChI is InChI=1S/C21H23N3OSi/c1-15-10-11-18(19(14-15)25-26(3)4)24-21(17-8-6-5-7-9-17)20-16(2)22-12-13-23-20/h5-14,26H,1-4H3. The van der Waals surface area contributed by atoms with Crippen molar-refractivity contribution >= 4 is 20.4 Å². The van der Waals surface area contributed by atoms with E-state index < -0.39 is 9.04 Å². The summed E-state index contributed by atoms with van der Waals surface area (Å²) in [7, 11) is -1.25. The van der Waals surface area contributed by atoms with Gasteiger partial charge >= 0.3 is 0 Å². The first-order valence-electron chi connectivity index (χ1n) is 8.74. The third-order valence-corrected chi connectivity index (χ3v) is 4.59. The topological polar surface area (TPSA) is 47.4 Å². The Balaban J connectivity index is 2.19. The van der Waals surface area contributed by atoms with E-state index >= 15 is 0 Å². The molecule has 0 unspecified atom stereocenters. The number of nitrogens with zero attached hydrogens (tertiary/aromatic N) is 3. The molecule has 0 amide bonds. The monoisotopic (exact) mass is 361 g/mol. The van der Waals surface area contributed by atoms with Crippen molar-refractivity contribution in [2.75, 3.05) is 0 Å². The van der Waals surface area contributed by atoms with E-state index in [1.165, 1.54) is 0 Å². The summed E-state index contributed by atoms with van der Waals surface area (Å²) in [5, 5.41) is 0. The Morgan fingerprint density at radius 3 is 2.38 bits per heavy atom. The molecule has 1 heterocycles. The van der Waals surface area contributed by atoms with Crippen molar-refractivity contribution in [1.29, 1.82) is 0 Å². The maximum Gasteiger partial charge on any atom is 0.229 e. The van der Waals surface area contributed by atoms with Crippen LogP contribution in [-0.2, 0) is 0 Å². The highest BCUT2D eigenvalue weighted by molar-refractivity contribution is 6.49. The van der Waals surface area contributed by atoms with Gasteiger partial charge in [-0.1, -0.05) is 36.4 Å². The van der Waals surface area contributed by atoms with Gasteiger partial charge in [-0.2, -0.15) is 0 Å². The highest BCUT2D eigenvalue weighted by Gasteiger charge is 2.14. The molecule has 0 aliphatic rings. The van der Waals surface area contributed by atoms with E-state index in [0.29, 0.717) is 0 Å². The maximum absolute atomic E-state index is 6.12. The minimum absolute atomic E-state index is 0.784. The number of rotatable bonds is 5. The quantitative estimate of drug-likeness (QED) is 0.492. The molecule has 3 aromatic rings. The molecular weight excluding hydrogens is 338 g/mol. The van der Waals surface area contributed by atoms with Crippen LogP contribution < -0.4 is 4.43 Å². The predicted octanol–water partition coefficient (Wildman–Crippen LogP) is 4.62. The summed E-state index contributed by atoms with van der Waals surface area (Å²) >= 11 is 0. The Bertz CT molecular complexity index is 924. The SMILES string of the molecule is Cc1ccc(N=C(c2ccccc2)c2nccnc2C)c(O[SiH](C)C)c1. The second-order valence-electron chi connectivity index (χ2n) is 6.45. The smallest absolute Gasteiger partial charge is 0.229 e. The lowest BCUT2D eigenvalue weighted by Gasteiger charge is -2.14. The largest absolute Gasteiger partial charge is 0.546 e. The van der Waals surface area contributed by atoms with E-state index in [2.05, 4.69) is 42.1 Å². The molecule has 2 aromatic carbocycles. The molecule has 0 aliphatic carbocycles. The minimum atomic E-state index is -1.25. The van der Waals surface area contributed by atoms with E-state index in [9.17, 15) is 0 Å². The van der Waals surface area contributed by atoms with Gasteiger partial charge in [0.05, 0.1) is 11.4 Å². The molecule has 5 heteroatoms. The zero-order valence-corrected chi connectivity index (χ0v) is 16.8. The average molecular weight is 362 g/mol. The number of aliphatic imine (C=N–C) groups is 1. The first-order valence-corrected chi connectivity index (χ1v) is 11.5. The fraction of sp³-hybridized carbons (Fsp3) is 0.190. The molecule has 26 heavy (non-hydrogen) atoms. The van der Waals surface area contributed by atoms with Crippen LogP contribution in [0, 0.1) is 13.8 Å². The summed E-state index contributed by atoms with van der Waals surface area (Å²) in [5.74, 6) is 0.835. The predicted molar refractivity (Wildman–Crippen MR) is 109 cm³/mol. The Labute approximate surface area is 156 Å². The normalized spacial score (nSPS) is 11.7. The second-order valence-corrected chi connectivity index (χ2v) is 8.79. The van der Waals surface area contributed by atoms with Crippen molar-refractivity contribution < 1.29 is 4.43 Å². The van der Waals surface area contributed by atoms with Crippen LogP contribution >= 0.6 is 0 Å². The second kappa shape index (κ2) is 8.06. The van der Waals surface area contributed by atoms with Gasteiger partial charge in [0.25, 0.3) is 0 Å². The van der Waals surface area contributed by atoms with Gasteiger partial charge in [-0.15, -0.1) is 0 Å². The van der Waals surface area contributed by atoms with Crippen LogP contribution in [0.4, 0.5) is 5.69 Å². The van der Waals surface area contributed by atoms with Crippen LogP contribution in [0.15, 0.2) is 65.9 Å². The van der Waals surface area contributed by atoms with Gasteiger partial charge in [0.2, 0.25) is 9.04 Å². The summed E-state index contributed by atoms with van der Waals surface area (Å²) in [6.45, 7) is 8.32. The summed E-state index contributed by atoms with van der Waals surface area (Å²) in [4.78, 5) is 13.9. The van der Waals surface area contributed by atoms with Crippen LogP contribution in [-0.4, -0.2) is 24.7 Å². The van der Waals surface area contributed by atoms with Crippen molar-refractivity contribution in [3.63, 3.8) is 0 Å². The molecule has 132 valence electrons. The van der Waals surface area contributed by atoms with Crippen molar-refractivity contribution in [3.8, 4) is 5.75 Å². The van der Waals surface area contributed by atoms with Crippen LogP contribution in [0.25, 0.3) is 0 Å². The molecular formula is C21H23N3OSi. The number of hydrogen-bond donors (Lipinski definition) is 0. The Morgan fingerprint density at radius 2 is 1.69 bits per heavy atom. The van der Waals surface area contributed by atoms with Crippen molar-refractivity contribution in [1.82, 2.24) is 9.97 Å². The number of hydrogen-bond acceptors (Lipinski definition) is 4. The first kappa shape index (κ1) is 18.0. The van der Waals surface area contributed by atoms with E-state index in [-0.39, 0.29) is 0 Å². The fourth-order valence-corrected chi connectivity index (χ4v) is 3.37. The molecule has 4 nitrogen and oxygen atoms in total. The molecule has 0 saturated carbocycles. The average Bonchev–Trinajstić information content (AvgIpc) is 2.62. The first-order chi connectivity index (χ1) is 12.5. The van der Waals surface area contributed by atoms with Gasteiger partial charge in [-0.05, 0) is 44.6 Å². The summed E-state index contributed by atoms with van der Waals surface area (Å²) < 4.78 is 6.12. The molecule has 1 aromatic heterocycles. The molecule has 3 rings (SSSR count). The number of aryl methyl sites for hydroxylation is 2. The molecule has 0 N–H and O–H groups in total. The third-order valence-electron chi connectivity index (χ3n) is 3.86. The van der Waals surface area contributed by atoms with Crippen molar-refractivity contribution in [2.24, 2.45) is 4.99 Å². The summed E-state index contributed by atoms with van der Waals surface area (Å²) in [6, 6.07) is 16.2. The lowest BCUT2D eigenvalue weighted by molar-refractivity contribution is 0.581. The van der Waals surface area contributed by atoms with Gasteiger partial charge in [0.1, 0.15) is 17.1 Å². The van der Waals surface area contributed by atoms with Gasteiger partial charge < -0.3 is 4.43 Å². The molecule has 0 bridgehead atoms. The summed E-state index contributed by atoms with van der Waals surface area (Å²) in [5.41, 5.74) is 5.42. The number of aromatic nitrogens is 2. The minimum Gasteiger partial charge on any atom is -0.546 e. The molecule has 0 fully saturated rings. The third kappa shape index (κ3) is 4.24. The van der Waals surface area contributed by atoms with Crippen molar-refractivity contribution in [3.05, 3.63) is 83.4 Å². The Hall–Kier alpha value is -2.79. The van der Waals surface area contributed by atoms with Gasteiger partial charge in [-0.25, -0.2) is 4.99 Å². The van der Waals surface area contributed by atoms with E-state index in [1.54, 1.807) is 12.4 Å². The zero-order chi connectivity index (χ0) is 18.5. The van der Waals surface area contributed by atoms with Gasteiger partial charge in [0.15, 0.2) is 0 Å². The fourth-order valence-electron chi connectivity index (χ4n) is 2.67. The molecule has 0 aliphatic heterocycles. The maximum atomic E-state index is 6.12.